The van der Waals surface area contributed by atoms with Crippen molar-refractivity contribution in [3.8, 4) is 16.9 Å². The lowest BCUT2D eigenvalue weighted by Crippen LogP contribution is -2.24. The van der Waals surface area contributed by atoms with Crippen LogP contribution in [0.15, 0.2) is 57.5 Å². The Kier molecular flexibility index (Phi) is 4.70. The van der Waals surface area contributed by atoms with E-state index in [1.54, 1.807) is 18.2 Å². The summed E-state index contributed by atoms with van der Waals surface area (Å²) in [5.74, 6) is 0.0618. The van der Waals surface area contributed by atoms with Crippen molar-refractivity contribution in [1.82, 2.24) is 9.71 Å². The van der Waals surface area contributed by atoms with Gasteiger partial charge in [0.2, 0.25) is 10.0 Å². The average molecular weight is 415 g/mol. The minimum absolute atomic E-state index is 0.0618. The Labute approximate surface area is 165 Å². The minimum Gasteiger partial charge on any atom is -0.507 e. The number of hydrogen-bond acceptors (Lipinski definition) is 5. The number of nitrogens with one attached hydrogen (secondary N) is 2. The van der Waals surface area contributed by atoms with Gasteiger partial charge in [-0.3, -0.25) is 4.79 Å². The van der Waals surface area contributed by atoms with Crippen LogP contribution in [0.3, 0.4) is 0 Å². The van der Waals surface area contributed by atoms with E-state index in [0.717, 1.165) is 10.8 Å². The molecule has 0 atom stereocenters. The number of pyridine rings is 1. The van der Waals surface area contributed by atoms with Crippen molar-refractivity contribution < 1.29 is 13.5 Å². The molecule has 2 heterocycles. The van der Waals surface area contributed by atoms with Crippen LogP contribution >= 0.6 is 11.3 Å². The van der Waals surface area contributed by atoms with Crippen LogP contribution in [0.4, 0.5) is 0 Å². The van der Waals surface area contributed by atoms with Crippen LogP contribution in [0, 0.1) is 0 Å². The molecule has 4 rings (SSSR count). The average Bonchev–Trinajstić information content (AvgIpc) is 3.18. The number of aromatic amines is 1. The number of H-pyrrole nitrogens is 1. The number of rotatable bonds is 5. The smallest absolute Gasteiger partial charge is 0.266 e. The number of phenolic OH excluding ortho intramolecular Hbond substituents is 1. The molecule has 6 nitrogen and oxygen atoms in total. The summed E-state index contributed by atoms with van der Waals surface area (Å²) in [6, 6.07) is 11.4. The summed E-state index contributed by atoms with van der Waals surface area (Å²) < 4.78 is 27.7. The topological polar surface area (TPSA) is 99.3 Å². The summed E-state index contributed by atoms with van der Waals surface area (Å²) in [6.07, 6.45) is 0.704. The molecule has 3 N–H and O–H groups in total. The van der Waals surface area contributed by atoms with Gasteiger partial charge >= 0.3 is 0 Å². The van der Waals surface area contributed by atoms with E-state index in [0.29, 0.717) is 34.3 Å². The summed E-state index contributed by atoms with van der Waals surface area (Å²) >= 11 is 1.34. The largest absolute Gasteiger partial charge is 0.507 e. The molecule has 0 aliphatic carbocycles. The second kappa shape index (κ2) is 7.05. The van der Waals surface area contributed by atoms with E-state index in [2.05, 4.69) is 9.71 Å². The first-order valence-corrected chi connectivity index (χ1v) is 11.1. The predicted molar refractivity (Wildman–Crippen MR) is 113 cm³/mol. The highest BCUT2D eigenvalue weighted by atomic mass is 32.2. The highest BCUT2D eigenvalue weighted by Crippen LogP contribution is 2.39. The molecule has 2 aromatic heterocycles. The quantitative estimate of drug-likeness (QED) is 0.462. The van der Waals surface area contributed by atoms with Crippen molar-refractivity contribution in [2.24, 2.45) is 0 Å². The molecule has 0 saturated heterocycles. The Morgan fingerprint density at radius 2 is 1.86 bits per heavy atom. The third-order valence-corrected chi connectivity index (χ3v) is 6.96. The SMILES string of the molecule is CCCNS(=O)(=O)c1ccc(-c2c(O)ccc3[nH]c(=O)c4sccc4c23)cc1. The maximum absolute atomic E-state index is 12.3. The molecule has 0 radical (unpaired) electrons. The Bertz CT molecular complexity index is 1340. The summed E-state index contributed by atoms with van der Waals surface area (Å²) in [5.41, 5.74) is 1.67. The maximum atomic E-state index is 12.3. The van der Waals surface area contributed by atoms with Crippen LogP contribution < -0.4 is 10.3 Å². The van der Waals surface area contributed by atoms with E-state index in [-0.39, 0.29) is 16.2 Å². The molecule has 8 heteroatoms. The maximum Gasteiger partial charge on any atom is 0.266 e. The standard InChI is InChI=1S/C20H18N2O4S2/c1-2-10-21-28(25,26)13-5-3-12(4-6-13)17-16(23)8-7-15-18(17)14-9-11-27-19(14)20(24)22-15/h3-9,11,21,23H,2,10H2,1H3,(H,22,24). The van der Waals surface area contributed by atoms with Crippen LogP contribution in [0.5, 0.6) is 5.75 Å². The zero-order chi connectivity index (χ0) is 19.9. The van der Waals surface area contributed by atoms with Gasteiger partial charge < -0.3 is 10.1 Å². The second-order valence-electron chi connectivity index (χ2n) is 6.42. The van der Waals surface area contributed by atoms with Gasteiger partial charge in [-0.2, -0.15) is 0 Å². The number of fused-ring (bicyclic) bond motifs is 3. The minimum atomic E-state index is -3.56. The number of phenols is 1. The number of thiophene rings is 1. The summed E-state index contributed by atoms with van der Waals surface area (Å²) in [4.78, 5) is 15.3. The van der Waals surface area contributed by atoms with Crippen molar-refractivity contribution in [2.75, 3.05) is 6.54 Å². The molecule has 0 amide bonds. The number of aromatic hydroxyl groups is 1. The van der Waals surface area contributed by atoms with Crippen molar-refractivity contribution >= 4 is 42.3 Å². The van der Waals surface area contributed by atoms with Gasteiger partial charge in [0.15, 0.2) is 0 Å². The number of sulfonamides is 1. The van der Waals surface area contributed by atoms with E-state index >= 15 is 0 Å². The van der Waals surface area contributed by atoms with Gasteiger partial charge in [-0.15, -0.1) is 11.3 Å². The number of aromatic nitrogens is 1. The van der Waals surface area contributed by atoms with Crippen LogP contribution in [-0.2, 0) is 10.0 Å². The molecule has 0 spiro atoms. The lowest BCUT2D eigenvalue weighted by Gasteiger charge is -2.12. The molecule has 0 saturated carbocycles. The first kappa shape index (κ1) is 18.7. The van der Waals surface area contributed by atoms with Crippen LogP contribution in [0.2, 0.25) is 0 Å². The van der Waals surface area contributed by atoms with E-state index in [9.17, 15) is 18.3 Å². The molecule has 0 aliphatic rings. The summed E-state index contributed by atoms with van der Waals surface area (Å²) in [6.45, 7) is 2.27. The van der Waals surface area contributed by atoms with Gasteiger partial charge in [0, 0.05) is 28.4 Å². The van der Waals surface area contributed by atoms with E-state index in [4.69, 9.17) is 0 Å². The van der Waals surface area contributed by atoms with Gasteiger partial charge in [-0.25, -0.2) is 13.1 Å². The third-order valence-electron chi connectivity index (χ3n) is 4.57. The van der Waals surface area contributed by atoms with Crippen molar-refractivity contribution in [3.05, 3.63) is 58.2 Å². The molecule has 28 heavy (non-hydrogen) atoms. The van der Waals surface area contributed by atoms with E-state index < -0.39 is 10.0 Å². The lowest BCUT2D eigenvalue weighted by atomic mass is 9.97. The molecule has 2 aromatic carbocycles. The molecular weight excluding hydrogens is 396 g/mol. The molecular formula is C20H18N2O4S2. The van der Waals surface area contributed by atoms with Gasteiger partial charge in [0.1, 0.15) is 10.4 Å². The fourth-order valence-corrected chi connectivity index (χ4v) is 5.18. The Morgan fingerprint density at radius 1 is 1.11 bits per heavy atom. The van der Waals surface area contributed by atoms with Gasteiger partial charge in [0.05, 0.1) is 4.90 Å². The first-order valence-electron chi connectivity index (χ1n) is 8.77. The predicted octanol–water partition coefficient (Wildman–Crippen LogP) is 3.80. The van der Waals surface area contributed by atoms with Crippen LogP contribution in [0.25, 0.3) is 32.1 Å². The molecule has 144 valence electrons. The monoisotopic (exact) mass is 414 g/mol. The summed E-state index contributed by atoms with van der Waals surface area (Å²) in [5, 5.41) is 13.9. The molecule has 0 fully saturated rings. The summed E-state index contributed by atoms with van der Waals surface area (Å²) in [7, 11) is -3.56. The second-order valence-corrected chi connectivity index (χ2v) is 9.10. The molecule has 0 aliphatic heterocycles. The highest BCUT2D eigenvalue weighted by Gasteiger charge is 2.17. The Morgan fingerprint density at radius 3 is 2.57 bits per heavy atom. The zero-order valence-electron chi connectivity index (χ0n) is 15.0. The Hall–Kier alpha value is -2.68. The molecule has 0 bridgehead atoms. The van der Waals surface area contributed by atoms with Crippen molar-refractivity contribution in [1.29, 1.82) is 0 Å². The third kappa shape index (κ3) is 3.09. The van der Waals surface area contributed by atoms with Crippen LogP contribution in [-0.4, -0.2) is 25.1 Å². The zero-order valence-corrected chi connectivity index (χ0v) is 16.7. The Balaban J connectivity index is 1.91. The first-order chi connectivity index (χ1) is 13.4. The van der Waals surface area contributed by atoms with Crippen molar-refractivity contribution in [3.63, 3.8) is 0 Å². The van der Waals surface area contributed by atoms with Crippen molar-refractivity contribution in [2.45, 2.75) is 18.2 Å². The fourth-order valence-electron chi connectivity index (χ4n) is 3.25. The molecule has 4 aromatic rings. The number of hydrogen-bond donors (Lipinski definition) is 3. The highest BCUT2D eigenvalue weighted by molar-refractivity contribution is 7.89. The van der Waals surface area contributed by atoms with E-state index in [1.807, 2.05) is 18.4 Å². The molecule has 0 unspecified atom stereocenters. The fraction of sp³-hybridized carbons (Fsp3) is 0.150. The lowest BCUT2D eigenvalue weighted by molar-refractivity contribution is 0.478. The van der Waals surface area contributed by atoms with E-state index in [1.165, 1.54) is 29.5 Å². The van der Waals surface area contributed by atoms with Crippen LogP contribution in [0.1, 0.15) is 13.3 Å². The van der Waals surface area contributed by atoms with Gasteiger partial charge in [-0.05, 0) is 47.7 Å². The normalized spacial score (nSPS) is 12.0. The number of benzene rings is 2. The van der Waals surface area contributed by atoms with Gasteiger partial charge in [0.25, 0.3) is 5.56 Å². The van der Waals surface area contributed by atoms with Gasteiger partial charge in [-0.1, -0.05) is 19.1 Å².